The van der Waals surface area contributed by atoms with Crippen molar-refractivity contribution in [1.82, 2.24) is 9.97 Å². The molecule has 5 heteroatoms. The van der Waals surface area contributed by atoms with Crippen LogP contribution in [0.15, 0.2) is 12.1 Å². The summed E-state index contributed by atoms with van der Waals surface area (Å²) in [6.07, 6.45) is 13.2. The molecule has 0 amide bonds. The summed E-state index contributed by atoms with van der Waals surface area (Å²) < 4.78 is 27.2. The zero-order chi connectivity index (χ0) is 24.5. The number of benzene rings is 1. The van der Waals surface area contributed by atoms with Crippen molar-refractivity contribution in [2.75, 3.05) is 0 Å². The van der Waals surface area contributed by atoms with Crippen LogP contribution in [0.4, 0.5) is 8.78 Å². The van der Waals surface area contributed by atoms with E-state index >= 15 is 0 Å². The van der Waals surface area contributed by atoms with Crippen LogP contribution in [0.25, 0.3) is 11.0 Å². The first-order valence-electron chi connectivity index (χ1n) is 14.2. The maximum absolute atomic E-state index is 13.6. The average Bonchev–Trinajstić information content (AvgIpc) is 3.38. The number of imidazole rings is 1. The number of halogens is 2. The van der Waals surface area contributed by atoms with Gasteiger partial charge in [0.15, 0.2) is 11.6 Å². The maximum Gasteiger partial charge on any atom is 0.161 e. The molecule has 35 heavy (non-hydrogen) atoms. The Morgan fingerprint density at radius 1 is 1.03 bits per heavy atom. The highest BCUT2D eigenvalue weighted by atomic mass is 19.2. The van der Waals surface area contributed by atoms with Gasteiger partial charge in [0.2, 0.25) is 0 Å². The Kier molecular flexibility index (Phi) is 5.82. The lowest BCUT2D eigenvalue weighted by Gasteiger charge is -2.62. The normalized spacial score (nSPS) is 41.9. The van der Waals surface area contributed by atoms with Crippen LogP contribution in [0.3, 0.4) is 0 Å². The van der Waals surface area contributed by atoms with Crippen LogP contribution in [0.5, 0.6) is 0 Å². The van der Waals surface area contributed by atoms with E-state index in [1.165, 1.54) is 63.5 Å². The first-order chi connectivity index (χ1) is 16.7. The largest absolute Gasteiger partial charge is 0.393 e. The van der Waals surface area contributed by atoms with Gasteiger partial charge in [0.25, 0.3) is 0 Å². The molecule has 0 saturated heterocycles. The van der Waals surface area contributed by atoms with E-state index in [9.17, 15) is 13.9 Å². The highest BCUT2D eigenvalue weighted by Gasteiger charge is 2.62. The van der Waals surface area contributed by atoms with E-state index in [0.29, 0.717) is 51.5 Å². The van der Waals surface area contributed by atoms with Gasteiger partial charge in [0.05, 0.1) is 17.1 Å². The molecule has 4 aliphatic carbocycles. The van der Waals surface area contributed by atoms with Gasteiger partial charge < -0.3 is 10.1 Å². The Morgan fingerprint density at radius 2 is 1.80 bits per heavy atom. The van der Waals surface area contributed by atoms with Gasteiger partial charge in [-0.3, -0.25) is 0 Å². The summed E-state index contributed by atoms with van der Waals surface area (Å²) in [5, 5.41) is 11.4. The van der Waals surface area contributed by atoms with Crippen molar-refractivity contribution < 1.29 is 13.9 Å². The van der Waals surface area contributed by atoms with E-state index in [0.717, 1.165) is 31.0 Å². The fourth-order valence-corrected chi connectivity index (χ4v) is 9.97. The van der Waals surface area contributed by atoms with Gasteiger partial charge in [-0.25, -0.2) is 13.8 Å². The van der Waals surface area contributed by atoms with Gasteiger partial charge in [-0.05, 0) is 97.7 Å². The minimum absolute atomic E-state index is 0.119. The van der Waals surface area contributed by atoms with Gasteiger partial charge >= 0.3 is 0 Å². The van der Waals surface area contributed by atoms with Crippen LogP contribution >= 0.6 is 0 Å². The summed E-state index contributed by atoms with van der Waals surface area (Å²) in [4.78, 5) is 7.72. The molecule has 1 aromatic carbocycles. The Hall–Kier alpha value is -1.49. The van der Waals surface area contributed by atoms with Crippen LogP contribution in [-0.4, -0.2) is 21.2 Å². The second-order valence-corrected chi connectivity index (χ2v) is 13.3. The summed E-state index contributed by atoms with van der Waals surface area (Å²) in [7, 11) is 0. The Morgan fingerprint density at radius 3 is 2.63 bits per heavy atom. The summed E-state index contributed by atoms with van der Waals surface area (Å²) in [6, 6.07) is 2.39. The van der Waals surface area contributed by atoms with Crippen molar-refractivity contribution >= 4 is 11.0 Å². The third-order valence-corrected chi connectivity index (χ3v) is 11.8. The lowest BCUT2D eigenvalue weighted by atomic mass is 9.44. The highest BCUT2D eigenvalue weighted by Crippen LogP contribution is 2.68. The second kappa shape index (κ2) is 8.53. The number of H-pyrrole nitrogens is 1. The summed E-state index contributed by atoms with van der Waals surface area (Å²) in [5.41, 5.74) is 1.81. The molecule has 4 aliphatic rings. The van der Waals surface area contributed by atoms with Crippen molar-refractivity contribution in [3.63, 3.8) is 0 Å². The molecule has 6 rings (SSSR count). The Balaban J connectivity index is 1.17. The number of aromatic nitrogens is 2. The molecule has 9 unspecified atom stereocenters. The fourth-order valence-electron chi connectivity index (χ4n) is 9.97. The van der Waals surface area contributed by atoms with Gasteiger partial charge in [-0.15, -0.1) is 0 Å². The zero-order valence-electron chi connectivity index (χ0n) is 21.6. The van der Waals surface area contributed by atoms with E-state index in [2.05, 4.69) is 30.7 Å². The van der Waals surface area contributed by atoms with Crippen LogP contribution < -0.4 is 0 Å². The topological polar surface area (TPSA) is 48.9 Å². The number of aliphatic hydroxyl groups is 1. The Bertz CT molecular complexity index is 1060. The van der Waals surface area contributed by atoms with Crippen LogP contribution in [-0.2, 0) is 6.42 Å². The predicted octanol–water partition coefficient (Wildman–Crippen LogP) is 7.43. The molecule has 3 nitrogen and oxygen atoms in total. The highest BCUT2D eigenvalue weighted by molar-refractivity contribution is 5.75. The average molecular weight is 485 g/mol. The van der Waals surface area contributed by atoms with Gasteiger partial charge in [0.1, 0.15) is 5.82 Å². The molecule has 0 bridgehead atoms. The van der Waals surface area contributed by atoms with Crippen molar-refractivity contribution in [1.29, 1.82) is 0 Å². The smallest absolute Gasteiger partial charge is 0.161 e. The van der Waals surface area contributed by atoms with E-state index in [1.807, 2.05) is 0 Å². The van der Waals surface area contributed by atoms with Gasteiger partial charge in [0, 0.05) is 18.6 Å². The lowest BCUT2D eigenvalue weighted by Crippen LogP contribution is -2.57. The summed E-state index contributed by atoms with van der Waals surface area (Å²) in [6.45, 7) is 7.50. The first kappa shape index (κ1) is 23.9. The molecule has 0 spiro atoms. The second-order valence-electron chi connectivity index (χ2n) is 13.3. The minimum Gasteiger partial charge on any atom is -0.393 e. The molecule has 2 N–H and O–H groups in total. The number of aliphatic hydroxyl groups excluding tert-OH is 1. The van der Waals surface area contributed by atoms with Crippen molar-refractivity contribution in [2.45, 2.75) is 97.5 Å². The van der Waals surface area contributed by atoms with Crippen molar-refractivity contribution in [3.05, 3.63) is 29.6 Å². The van der Waals surface area contributed by atoms with Crippen LogP contribution in [0, 0.1) is 58.0 Å². The minimum atomic E-state index is -0.845. The first-order valence-corrected chi connectivity index (χ1v) is 14.2. The molecule has 1 heterocycles. The molecular formula is C30H42F2N2O. The number of fused-ring (bicyclic) bond motifs is 6. The van der Waals surface area contributed by atoms with E-state index in [4.69, 9.17) is 0 Å². The molecule has 4 saturated carbocycles. The number of hydrogen-bond acceptors (Lipinski definition) is 2. The van der Waals surface area contributed by atoms with Gasteiger partial charge in [-0.1, -0.05) is 33.6 Å². The fraction of sp³-hybridized carbons (Fsp3) is 0.767. The molecule has 9 atom stereocenters. The predicted molar refractivity (Wildman–Crippen MR) is 135 cm³/mol. The molecule has 4 fully saturated rings. The number of aryl methyl sites for hydroxylation is 1. The molecule has 0 aliphatic heterocycles. The van der Waals surface area contributed by atoms with E-state index < -0.39 is 11.6 Å². The zero-order valence-corrected chi connectivity index (χ0v) is 21.6. The van der Waals surface area contributed by atoms with Crippen molar-refractivity contribution in [3.8, 4) is 0 Å². The van der Waals surface area contributed by atoms with Crippen molar-refractivity contribution in [2.24, 2.45) is 46.3 Å². The summed E-state index contributed by atoms with van der Waals surface area (Å²) >= 11 is 0. The standard InChI is InChI=1S/C30H42F2N2O/c1-17(7-10-27-33-24-15-22(31)23(32)16-25(24)34-27)19-8-9-20-28-21(11-13-30(19,20)3)29(2)12-5-4-6-18(29)14-26(28)35/h15-21,26,28,35H,4-14H2,1-3H3,(H,33,34). The van der Waals surface area contributed by atoms with Crippen LogP contribution in [0.1, 0.15) is 90.8 Å². The third-order valence-electron chi connectivity index (χ3n) is 11.8. The number of nitrogens with one attached hydrogen (secondary N) is 1. The molecule has 2 aromatic rings. The quantitative estimate of drug-likeness (QED) is 0.474. The monoisotopic (exact) mass is 484 g/mol. The van der Waals surface area contributed by atoms with E-state index in [1.54, 1.807) is 0 Å². The number of rotatable bonds is 4. The molecule has 192 valence electrons. The molecule has 1 aromatic heterocycles. The van der Waals surface area contributed by atoms with Crippen LogP contribution in [0.2, 0.25) is 0 Å². The number of nitrogens with zero attached hydrogens (tertiary/aromatic N) is 1. The summed E-state index contributed by atoms with van der Waals surface area (Å²) in [5.74, 6) is 2.89. The maximum atomic E-state index is 13.6. The lowest BCUT2D eigenvalue weighted by molar-refractivity contribution is -0.164. The van der Waals surface area contributed by atoms with Gasteiger partial charge in [-0.2, -0.15) is 0 Å². The number of hydrogen-bond donors (Lipinski definition) is 2. The Labute approximate surface area is 208 Å². The number of aromatic amines is 1. The third kappa shape index (κ3) is 3.69. The molecule has 0 radical (unpaired) electrons. The molecular weight excluding hydrogens is 442 g/mol. The SMILES string of the molecule is CC(CCc1nc2cc(F)c(F)cc2[nH]1)C1CCC2C3C(O)CC4CCCCC4(C)C3CCC12C. The van der Waals surface area contributed by atoms with E-state index in [-0.39, 0.29) is 6.10 Å².